The molecule has 0 radical (unpaired) electrons. The molecule has 6 heteroatoms. The molecule has 0 saturated carbocycles. The standard InChI is InChI=1S/C17H22Cl2N2O2/c1-17(2,3)16(23)21-8-6-12(7-9-21)20-15(22)11-4-5-13(18)14(19)10-11/h4-5,10,12H,6-9H2,1-3H3,(H,20,22). The Bertz CT molecular complexity index is 603. The second-order valence-electron chi connectivity index (χ2n) is 6.92. The molecule has 1 N–H and O–H groups in total. The maximum absolute atomic E-state index is 12.3. The first kappa shape index (κ1) is 18.1. The van der Waals surface area contributed by atoms with E-state index in [1.54, 1.807) is 18.2 Å². The topological polar surface area (TPSA) is 49.4 Å². The number of piperidine rings is 1. The lowest BCUT2D eigenvalue weighted by Crippen LogP contribution is -2.49. The largest absolute Gasteiger partial charge is 0.349 e. The van der Waals surface area contributed by atoms with Crippen LogP contribution in [0.1, 0.15) is 44.0 Å². The SMILES string of the molecule is CC(C)(C)C(=O)N1CCC(NC(=O)c2ccc(Cl)c(Cl)c2)CC1. The zero-order valence-corrected chi connectivity index (χ0v) is 15.2. The quantitative estimate of drug-likeness (QED) is 0.876. The molecule has 1 fully saturated rings. The van der Waals surface area contributed by atoms with E-state index in [9.17, 15) is 9.59 Å². The molecule has 1 aromatic carbocycles. The van der Waals surface area contributed by atoms with Crippen molar-refractivity contribution in [3.63, 3.8) is 0 Å². The van der Waals surface area contributed by atoms with Crippen LogP contribution < -0.4 is 5.32 Å². The second kappa shape index (κ2) is 7.10. The summed E-state index contributed by atoms with van der Waals surface area (Å²) in [4.78, 5) is 26.4. The Labute approximate surface area is 147 Å². The minimum Gasteiger partial charge on any atom is -0.349 e. The zero-order valence-electron chi connectivity index (χ0n) is 13.7. The van der Waals surface area contributed by atoms with Crippen LogP contribution in [0.5, 0.6) is 0 Å². The van der Waals surface area contributed by atoms with Crippen LogP contribution in [0.3, 0.4) is 0 Å². The van der Waals surface area contributed by atoms with Gasteiger partial charge in [-0.3, -0.25) is 9.59 Å². The smallest absolute Gasteiger partial charge is 0.251 e. The summed E-state index contributed by atoms with van der Waals surface area (Å²) >= 11 is 11.8. The first-order valence-electron chi connectivity index (χ1n) is 7.74. The number of nitrogens with one attached hydrogen (secondary N) is 1. The molecule has 1 heterocycles. The van der Waals surface area contributed by atoms with Gasteiger partial charge in [0.15, 0.2) is 0 Å². The van der Waals surface area contributed by atoms with Crippen molar-refractivity contribution in [1.29, 1.82) is 0 Å². The number of hydrogen-bond acceptors (Lipinski definition) is 2. The van der Waals surface area contributed by atoms with Gasteiger partial charge < -0.3 is 10.2 Å². The average Bonchev–Trinajstić information content (AvgIpc) is 2.49. The van der Waals surface area contributed by atoms with Crippen molar-refractivity contribution in [1.82, 2.24) is 10.2 Å². The van der Waals surface area contributed by atoms with E-state index in [0.717, 1.165) is 12.8 Å². The first-order valence-corrected chi connectivity index (χ1v) is 8.49. The van der Waals surface area contributed by atoms with Gasteiger partial charge in [-0.15, -0.1) is 0 Å². The number of amides is 2. The van der Waals surface area contributed by atoms with Crippen LogP contribution in [0.25, 0.3) is 0 Å². The van der Waals surface area contributed by atoms with Gasteiger partial charge in [-0.25, -0.2) is 0 Å². The zero-order chi connectivity index (χ0) is 17.2. The third kappa shape index (κ3) is 4.61. The fourth-order valence-corrected chi connectivity index (χ4v) is 2.91. The Kier molecular flexibility index (Phi) is 5.58. The van der Waals surface area contributed by atoms with Crippen LogP contribution in [-0.4, -0.2) is 35.8 Å². The van der Waals surface area contributed by atoms with Crippen LogP contribution in [0.2, 0.25) is 10.0 Å². The van der Waals surface area contributed by atoms with E-state index in [1.165, 1.54) is 0 Å². The normalized spacial score (nSPS) is 16.3. The highest BCUT2D eigenvalue weighted by molar-refractivity contribution is 6.42. The molecule has 2 rings (SSSR count). The molecule has 23 heavy (non-hydrogen) atoms. The molecule has 0 aromatic heterocycles. The van der Waals surface area contributed by atoms with E-state index in [0.29, 0.717) is 28.7 Å². The maximum Gasteiger partial charge on any atom is 0.251 e. The predicted molar refractivity (Wildman–Crippen MR) is 93.0 cm³/mol. The average molecular weight is 357 g/mol. The summed E-state index contributed by atoms with van der Waals surface area (Å²) in [6, 6.07) is 4.91. The minimum absolute atomic E-state index is 0.0703. The van der Waals surface area contributed by atoms with Crippen molar-refractivity contribution in [2.75, 3.05) is 13.1 Å². The number of hydrogen-bond donors (Lipinski definition) is 1. The van der Waals surface area contributed by atoms with Gasteiger partial charge in [0.25, 0.3) is 5.91 Å². The number of carbonyl (C=O) groups is 2. The van der Waals surface area contributed by atoms with Gasteiger partial charge in [0.2, 0.25) is 5.91 Å². The number of likely N-dealkylation sites (tertiary alicyclic amines) is 1. The molecule has 1 saturated heterocycles. The summed E-state index contributed by atoms with van der Waals surface area (Å²) in [7, 11) is 0. The van der Waals surface area contributed by atoms with Gasteiger partial charge in [0, 0.05) is 30.1 Å². The van der Waals surface area contributed by atoms with Crippen molar-refractivity contribution in [2.24, 2.45) is 5.41 Å². The molecule has 1 aliphatic heterocycles. The lowest BCUT2D eigenvalue weighted by Gasteiger charge is -2.36. The number of nitrogens with zero attached hydrogens (tertiary/aromatic N) is 1. The molecule has 2 amide bonds. The Hall–Kier alpha value is -1.26. The van der Waals surface area contributed by atoms with Crippen LogP contribution in [0.4, 0.5) is 0 Å². The van der Waals surface area contributed by atoms with E-state index >= 15 is 0 Å². The monoisotopic (exact) mass is 356 g/mol. The highest BCUT2D eigenvalue weighted by atomic mass is 35.5. The molecule has 126 valence electrons. The fraction of sp³-hybridized carbons (Fsp3) is 0.529. The van der Waals surface area contributed by atoms with Crippen molar-refractivity contribution in [3.05, 3.63) is 33.8 Å². The summed E-state index contributed by atoms with van der Waals surface area (Å²) in [6.07, 6.45) is 1.52. The molecule has 0 bridgehead atoms. The van der Waals surface area contributed by atoms with Crippen molar-refractivity contribution in [2.45, 2.75) is 39.7 Å². The minimum atomic E-state index is -0.365. The van der Waals surface area contributed by atoms with Crippen LogP contribution in [-0.2, 0) is 4.79 Å². The van der Waals surface area contributed by atoms with Crippen LogP contribution in [0, 0.1) is 5.41 Å². The molecular formula is C17H22Cl2N2O2. The Morgan fingerprint density at radius 2 is 1.74 bits per heavy atom. The van der Waals surface area contributed by atoms with Gasteiger partial charge in [0.1, 0.15) is 0 Å². The number of rotatable bonds is 2. The van der Waals surface area contributed by atoms with Gasteiger partial charge in [-0.2, -0.15) is 0 Å². The van der Waals surface area contributed by atoms with Gasteiger partial charge >= 0.3 is 0 Å². The summed E-state index contributed by atoms with van der Waals surface area (Å²) in [5, 5.41) is 3.80. The third-order valence-electron chi connectivity index (χ3n) is 3.94. The number of carbonyl (C=O) groups excluding carboxylic acids is 2. The van der Waals surface area contributed by atoms with E-state index in [4.69, 9.17) is 23.2 Å². The number of benzene rings is 1. The summed E-state index contributed by atoms with van der Waals surface area (Å²) in [6.45, 7) is 7.11. The van der Waals surface area contributed by atoms with E-state index in [1.807, 2.05) is 25.7 Å². The van der Waals surface area contributed by atoms with E-state index in [-0.39, 0.29) is 23.3 Å². The fourth-order valence-electron chi connectivity index (χ4n) is 2.61. The number of halogens is 2. The van der Waals surface area contributed by atoms with Gasteiger partial charge in [-0.05, 0) is 31.0 Å². The lowest BCUT2D eigenvalue weighted by molar-refractivity contribution is -0.140. The summed E-state index contributed by atoms with van der Waals surface area (Å²) in [5.74, 6) is -0.00377. The van der Waals surface area contributed by atoms with E-state index in [2.05, 4.69) is 5.32 Å². The Balaban J connectivity index is 1.90. The first-order chi connectivity index (χ1) is 10.7. The molecule has 0 atom stereocenters. The van der Waals surface area contributed by atoms with E-state index < -0.39 is 0 Å². The predicted octanol–water partition coefficient (Wildman–Crippen LogP) is 3.76. The van der Waals surface area contributed by atoms with Crippen molar-refractivity contribution >= 4 is 35.0 Å². The molecule has 0 unspecified atom stereocenters. The Morgan fingerprint density at radius 1 is 1.13 bits per heavy atom. The second-order valence-corrected chi connectivity index (χ2v) is 7.73. The van der Waals surface area contributed by atoms with Gasteiger partial charge in [-0.1, -0.05) is 44.0 Å². The Morgan fingerprint density at radius 3 is 2.26 bits per heavy atom. The van der Waals surface area contributed by atoms with Gasteiger partial charge in [0.05, 0.1) is 10.0 Å². The summed E-state index contributed by atoms with van der Waals surface area (Å²) < 4.78 is 0. The lowest BCUT2D eigenvalue weighted by atomic mass is 9.93. The molecule has 1 aliphatic rings. The van der Waals surface area contributed by atoms with Crippen molar-refractivity contribution in [3.8, 4) is 0 Å². The highest BCUT2D eigenvalue weighted by Crippen LogP contribution is 2.23. The highest BCUT2D eigenvalue weighted by Gasteiger charge is 2.30. The molecule has 1 aromatic rings. The molecule has 4 nitrogen and oxygen atoms in total. The van der Waals surface area contributed by atoms with Crippen LogP contribution in [0.15, 0.2) is 18.2 Å². The summed E-state index contributed by atoms with van der Waals surface area (Å²) in [5.41, 5.74) is 0.128. The molecular weight excluding hydrogens is 335 g/mol. The maximum atomic E-state index is 12.3. The van der Waals surface area contributed by atoms with Crippen LogP contribution >= 0.6 is 23.2 Å². The molecule has 0 aliphatic carbocycles. The molecule has 0 spiro atoms. The third-order valence-corrected chi connectivity index (χ3v) is 4.68. The van der Waals surface area contributed by atoms with Crippen molar-refractivity contribution < 1.29 is 9.59 Å².